The monoisotopic (exact) mass is 676 g/mol. The van der Waals surface area contributed by atoms with Gasteiger partial charge >= 0.3 is 0 Å². The van der Waals surface area contributed by atoms with Crippen LogP contribution in [0.25, 0.3) is 55.0 Å². The maximum atomic E-state index is 6.46. The molecule has 12 rings (SSSR count). The number of furan rings is 2. The fraction of sp³-hybridized carbons (Fsp3) is 0. The van der Waals surface area contributed by atoms with E-state index in [-0.39, 0.29) is 6.71 Å². The second-order valence-electron chi connectivity index (χ2n) is 14.1. The molecule has 0 fully saturated rings. The number of para-hydroxylation sites is 4. The predicted octanol–water partition coefficient (Wildman–Crippen LogP) is 11.2. The van der Waals surface area contributed by atoms with Crippen molar-refractivity contribution >= 4 is 101 Å². The van der Waals surface area contributed by atoms with Crippen LogP contribution in [0.1, 0.15) is 0 Å². The van der Waals surface area contributed by atoms with Gasteiger partial charge in [-0.05, 0) is 88.2 Å². The summed E-state index contributed by atoms with van der Waals surface area (Å²) in [6.45, 7) is 0.0367. The highest BCUT2D eigenvalue weighted by Gasteiger charge is 2.43. The van der Waals surface area contributed by atoms with Crippen molar-refractivity contribution < 1.29 is 8.83 Å². The third-order valence-electron chi connectivity index (χ3n) is 11.2. The molecule has 0 N–H and O–H groups in total. The van der Waals surface area contributed by atoms with Gasteiger partial charge in [-0.3, -0.25) is 0 Å². The van der Waals surface area contributed by atoms with Crippen LogP contribution in [-0.2, 0) is 0 Å². The van der Waals surface area contributed by atoms with Gasteiger partial charge < -0.3 is 18.6 Å². The molecule has 2 aromatic heterocycles. The number of hydrogen-bond donors (Lipinski definition) is 0. The zero-order valence-electron chi connectivity index (χ0n) is 28.5. The van der Waals surface area contributed by atoms with Crippen molar-refractivity contribution in [2.24, 2.45) is 0 Å². The Morgan fingerprint density at radius 2 is 0.792 bits per heavy atom. The maximum Gasteiger partial charge on any atom is 0.252 e. The van der Waals surface area contributed by atoms with Gasteiger partial charge in [-0.1, -0.05) is 103 Å². The molecule has 53 heavy (non-hydrogen) atoms. The Morgan fingerprint density at radius 3 is 1.34 bits per heavy atom. The number of nitrogens with zero attached hydrogens (tertiary/aromatic N) is 2. The molecule has 8 aromatic carbocycles. The van der Waals surface area contributed by atoms with Crippen molar-refractivity contribution in [1.82, 2.24) is 0 Å². The van der Waals surface area contributed by atoms with Crippen LogP contribution in [0.4, 0.5) is 34.1 Å². The smallest absolute Gasteiger partial charge is 0.252 e. The van der Waals surface area contributed by atoms with Gasteiger partial charge in [-0.15, -0.1) is 0 Å². The molecule has 0 amide bonds. The topological polar surface area (TPSA) is 32.8 Å². The lowest BCUT2D eigenvalue weighted by Gasteiger charge is -2.44. The highest BCUT2D eigenvalue weighted by atomic mass is 16.3. The molecule has 2 aliphatic heterocycles. The molecule has 246 valence electrons. The average Bonchev–Trinajstić information content (AvgIpc) is 3.78. The third-order valence-corrected chi connectivity index (χ3v) is 11.2. The van der Waals surface area contributed by atoms with Crippen LogP contribution < -0.4 is 26.2 Å². The number of rotatable bonds is 3. The molecule has 0 aliphatic carbocycles. The van der Waals surface area contributed by atoms with Crippen LogP contribution in [0.3, 0.4) is 0 Å². The Kier molecular flexibility index (Phi) is 5.83. The van der Waals surface area contributed by atoms with Gasteiger partial charge in [0.1, 0.15) is 22.3 Å². The number of anilines is 6. The minimum absolute atomic E-state index is 0.0367. The minimum Gasteiger partial charge on any atom is -0.456 e. The van der Waals surface area contributed by atoms with E-state index in [2.05, 4.69) is 161 Å². The quantitative estimate of drug-likeness (QED) is 0.174. The average molecular weight is 677 g/mol. The van der Waals surface area contributed by atoms with Gasteiger partial charge in [-0.2, -0.15) is 0 Å². The summed E-state index contributed by atoms with van der Waals surface area (Å²) < 4.78 is 12.9. The largest absolute Gasteiger partial charge is 0.456 e. The van der Waals surface area contributed by atoms with Gasteiger partial charge in [0.15, 0.2) is 0 Å². The molecule has 0 unspecified atom stereocenters. The van der Waals surface area contributed by atoms with Crippen LogP contribution >= 0.6 is 0 Å². The summed E-state index contributed by atoms with van der Waals surface area (Å²) in [5, 5.41) is 4.50. The van der Waals surface area contributed by atoms with Crippen LogP contribution in [0, 0.1) is 0 Å². The van der Waals surface area contributed by atoms with Crippen molar-refractivity contribution in [3.05, 3.63) is 176 Å². The highest BCUT2D eigenvalue weighted by Crippen LogP contribution is 2.47. The molecular formula is C48H29BN2O2. The lowest BCUT2D eigenvalue weighted by Crippen LogP contribution is -2.61. The van der Waals surface area contributed by atoms with Crippen molar-refractivity contribution in [2.75, 3.05) is 9.80 Å². The van der Waals surface area contributed by atoms with Gasteiger partial charge in [0.25, 0.3) is 6.71 Å². The molecule has 0 atom stereocenters. The predicted molar refractivity (Wildman–Crippen MR) is 220 cm³/mol. The first-order valence-electron chi connectivity index (χ1n) is 18.1. The van der Waals surface area contributed by atoms with Crippen LogP contribution in [0.2, 0.25) is 0 Å². The summed E-state index contributed by atoms with van der Waals surface area (Å²) >= 11 is 0. The van der Waals surface area contributed by atoms with E-state index >= 15 is 0 Å². The van der Waals surface area contributed by atoms with Crippen LogP contribution in [0.15, 0.2) is 185 Å². The third kappa shape index (κ3) is 4.07. The van der Waals surface area contributed by atoms with E-state index < -0.39 is 0 Å². The van der Waals surface area contributed by atoms with Gasteiger partial charge in [0.05, 0.1) is 0 Å². The molecule has 2 aliphatic rings. The van der Waals surface area contributed by atoms with Gasteiger partial charge in [0.2, 0.25) is 0 Å². The van der Waals surface area contributed by atoms with Gasteiger partial charge in [-0.25, -0.2) is 0 Å². The Balaban J connectivity index is 1.16. The Hall–Kier alpha value is -6.98. The lowest BCUT2D eigenvalue weighted by molar-refractivity contribution is 0.668. The molecule has 0 saturated carbocycles. The molecule has 0 saturated heterocycles. The van der Waals surface area contributed by atoms with Crippen LogP contribution in [0.5, 0.6) is 0 Å². The summed E-state index contributed by atoms with van der Waals surface area (Å²) in [7, 11) is 0. The normalized spacial score (nSPS) is 13.2. The zero-order chi connectivity index (χ0) is 34.6. The maximum absolute atomic E-state index is 6.46. The number of benzene rings is 8. The lowest BCUT2D eigenvalue weighted by atomic mass is 9.33. The molecular weight excluding hydrogens is 647 g/mol. The minimum atomic E-state index is 0.0367. The molecule has 5 heteroatoms. The van der Waals surface area contributed by atoms with E-state index in [9.17, 15) is 0 Å². The fourth-order valence-electron chi connectivity index (χ4n) is 8.96. The standard InChI is InChI=1S/C48H29BN2O2/c1-2-12-30(13-3-1)31-26-42-48-43(27-31)51(33-23-25-37-35-15-5-11-21-45(35)53-47(37)29-33)41-19-9-7-17-39(41)49(48)38-16-6-8-18-40(38)50(42)32-22-24-36-34-14-4-10-20-44(34)52-46(36)28-32/h1-29H. The summed E-state index contributed by atoms with van der Waals surface area (Å²) in [6.07, 6.45) is 0. The Bertz CT molecular complexity index is 2920. The van der Waals surface area contributed by atoms with Crippen molar-refractivity contribution in [1.29, 1.82) is 0 Å². The number of fused-ring (bicyclic) bond motifs is 10. The Morgan fingerprint density at radius 1 is 0.340 bits per heavy atom. The first-order valence-corrected chi connectivity index (χ1v) is 18.1. The zero-order valence-corrected chi connectivity index (χ0v) is 28.5. The first-order chi connectivity index (χ1) is 26.3. The molecule has 10 aromatic rings. The molecule has 0 spiro atoms. The second-order valence-corrected chi connectivity index (χ2v) is 14.1. The van der Waals surface area contributed by atoms with Gasteiger partial charge in [0, 0.05) is 67.8 Å². The van der Waals surface area contributed by atoms with Crippen LogP contribution in [-0.4, -0.2) is 6.71 Å². The summed E-state index contributed by atoms with van der Waals surface area (Å²) in [6, 6.07) is 63.2. The highest BCUT2D eigenvalue weighted by molar-refractivity contribution is 7.00. The Labute approximate surface area is 305 Å². The van der Waals surface area contributed by atoms with Crippen molar-refractivity contribution in [3.8, 4) is 11.1 Å². The van der Waals surface area contributed by atoms with Crippen molar-refractivity contribution in [3.63, 3.8) is 0 Å². The first kappa shape index (κ1) is 28.7. The van der Waals surface area contributed by atoms with E-state index in [0.717, 1.165) is 72.2 Å². The fourth-order valence-corrected chi connectivity index (χ4v) is 8.96. The van der Waals surface area contributed by atoms with E-state index in [1.165, 1.54) is 33.3 Å². The van der Waals surface area contributed by atoms with Crippen molar-refractivity contribution in [2.45, 2.75) is 0 Å². The summed E-state index contributed by atoms with van der Waals surface area (Å²) in [5.74, 6) is 0. The van der Waals surface area contributed by atoms with E-state index in [1.807, 2.05) is 24.3 Å². The number of hydrogen-bond acceptors (Lipinski definition) is 4. The second kappa shape index (κ2) is 10.8. The SMILES string of the molecule is c1ccc(-c2cc3c4c(c2)N(c2ccc5c(c2)oc2ccccc25)c2ccccc2B4c2ccccc2N3c2ccc3c(c2)oc2ccccc23)cc1. The summed E-state index contributed by atoms with van der Waals surface area (Å²) in [4.78, 5) is 4.89. The van der Waals surface area contributed by atoms with E-state index in [4.69, 9.17) is 8.83 Å². The molecule has 0 radical (unpaired) electrons. The van der Waals surface area contributed by atoms with E-state index in [1.54, 1.807) is 0 Å². The summed E-state index contributed by atoms with van der Waals surface area (Å²) in [5.41, 5.74) is 16.5. The van der Waals surface area contributed by atoms with E-state index in [0.29, 0.717) is 0 Å². The molecule has 4 heterocycles. The molecule has 4 nitrogen and oxygen atoms in total. The molecule has 0 bridgehead atoms.